The fraction of sp³-hybridized carbons (Fsp3) is 0.459. The first-order valence-electron chi connectivity index (χ1n) is 16.1. The second-order valence-corrected chi connectivity index (χ2v) is 15.3. The Morgan fingerprint density at radius 1 is 1.07 bits per heavy atom. The summed E-state index contributed by atoms with van der Waals surface area (Å²) in [5.41, 5.74) is 8.68. The molecule has 2 aliphatic carbocycles. The average molecular weight is 631 g/mol. The molecule has 0 saturated carbocycles. The molecular formula is C37H41Cl2N3O2. The molecule has 1 aliphatic heterocycles. The van der Waals surface area contributed by atoms with Gasteiger partial charge in [0.2, 0.25) is 5.91 Å². The third-order valence-corrected chi connectivity index (χ3v) is 10.8. The van der Waals surface area contributed by atoms with E-state index in [0.717, 1.165) is 48.1 Å². The summed E-state index contributed by atoms with van der Waals surface area (Å²) in [5, 5.41) is 13.8. The predicted octanol–water partition coefficient (Wildman–Crippen LogP) is 8.62. The van der Waals surface area contributed by atoms with Crippen LogP contribution in [0.25, 0.3) is 22.2 Å². The van der Waals surface area contributed by atoms with Crippen molar-refractivity contribution >= 4 is 40.1 Å². The SMILES string of the molecule is CC(C)(C)CC1Cc2ccc3c(c2C(CC(=O)N2CCC(O)(c4cc(Cl)nc5[nH]ccc45)CC2)C1)CCc1c(Cl)cccc1-3. The second-order valence-electron chi connectivity index (χ2n) is 14.5. The molecule has 3 aliphatic rings. The molecule has 2 unspecified atom stereocenters. The molecule has 4 aromatic rings. The molecular weight excluding hydrogens is 589 g/mol. The molecule has 0 spiro atoms. The van der Waals surface area contributed by atoms with Gasteiger partial charge in [0, 0.05) is 36.1 Å². The number of aliphatic hydroxyl groups is 1. The molecule has 2 N–H and O–H groups in total. The van der Waals surface area contributed by atoms with Gasteiger partial charge in [0.1, 0.15) is 10.8 Å². The lowest BCUT2D eigenvalue weighted by atomic mass is 9.67. The van der Waals surface area contributed by atoms with E-state index in [1.54, 1.807) is 6.07 Å². The molecule has 5 nitrogen and oxygen atoms in total. The van der Waals surface area contributed by atoms with Crippen molar-refractivity contribution in [1.29, 1.82) is 0 Å². The van der Waals surface area contributed by atoms with E-state index in [-0.39, 0.29) is 17.2 Å². The highest BCUT2D eigenvalue weighted by Crippen LogP contribution is 2.48. The van der Waals surface area contributed by atoms with Crippen molar-refractivity contribution in [3.8, 4) is 11.1 Å². The van der Waals surface area contributed by atoms with Gasteiger partial charge in [-0.05, 0) is 119 Å². The van der Waals surface area contributed by atoms with Gasteiger partial charge in [-0.2, -0.15) is 0 Å². The van der Waals surface area contributed by atoms with E-state index in [2.05, 4.69) is 55.0 Å². The largest absolute Gasteiger partial charge is 0.385 e. The zero-order chi connectivity index (χ0) is 30.8. The number of hydrogen-bond donors (Lipinski definition) is 2. The number of nitrogens with one attached hydrogen (secondary N) is 1. The summed E-state index contributed by atoms with van der Waals surface area (Å²) in [7, 11) is 0. The Kier molecular flexibility index (Phi) is 7.58. The predicted molar refractivity (Wildman–Crippen MR) is 178 cm³/mol. The Hall–Kier alpha value is -2.86. The van der Waals surface area contributed by atoms with Crippen molar-refractivity contribution in [3.05, 3.63) is 86.7 Å². The molecule has 7 rings (SSSR count). The van der Waals surface area contributed by atoms with Crippen molar-refractivity contribution in [2.75, 3.05) is 13.1 Å². The highest BCUT2D eigenvalue weighted by atomic mass is 35.5. The van der Waals surface area contributed by atoms with Gasteiger partial charge in [0.15, 0.2) is 0 Å². The van der Waals surface area contributed by atoms with Crippen molar-refractivity contribution in [1.82, 2.24) is 14.9 Å². The Morgan fingerprint density at radius 2 is 1.82 bits per heavy atom. The van der Waals surface area contributed by atoms with Crippen LogP contribution >= 0.6 is 23.2 Å². The van der Waals surface area contributed by atoms with E-state index in [4.69, 9.17) is 23.2 Å². The van der Waals surface area contributed by atoms with Crippen molar-refractivity contribution in [2.24, 2.45) is 11.3 Å². The van der Waals surface area contributed by atoms with Crippen LogP contribution in [0.2, 0.25) is 10.2 Å². The van der Waals surface area contributed by atoms with Crippen LogP contribution in [0.15, 0.2) is 48.7 Å². The van der Waals surface area contributed by atoms with Gasteiger partial charge < -0.3 is 15.0 Å². The maximum absolute atomic E-state index is 14.0. The minimum Gasteiger partial charge on any atom is -0.385 e. The van der Waals surface area contributed by atoms with E-state index in [9.17, 15) is 9.90 Å². The minimum atomic E-state index is -1.05. The standard InChI is InChI=1S/C37H41Cl2N3O2/c1-36(2,3)21-22-17-23-7-8-26-25-5-4-6-31(38)27(25)9-10-28(26)34(23)24(18-22)19-33(43)42-15-12-37(44,13-16-42)30-20-32(39)41-35-29(30)11-14-40-35/h4-8,11,14,20,22,24,44H,9-10,12-13,15-19,21H2,1-3H3,(H,40,41). The molecule has 3 heterocycles. The van der Waals surface area contributed by atoms with Gasteiger partial charge in [0.25, 0.3) is 0 Å². The fourth-order valence-electron chi connectivity index (χ4n) is 8.48. The Balaban J connectivity index is 1.16. The van der Waals surface area contributed by atoms with Gasteiger partial charge in [0.05, 0.1) is 5.60 Å². The molecule has 7 heteroatoms. The highest BCUT2D eigenvalue weighted by molar-refractivity contribution is 6.31. The normalized spacial score (nSPS) is 21.1. The summed E-state index contributed by atoms with van der Waals surface area (Å²) in [4.78, 5) is 23.5. The maximum atomic E-state index is 14.0. The number of piperidine rings is 1. The second kappa shape index (κ2) is 11.2. The molecule has 230 valence electrons. The summed E-state index contributed by atoms with van der Waals surface area (Å²) in [6, 6.07) is 14.6. The fourth-order valence-corrected chi connectivity index (χ4v) is 8.95. The number of rotatable bonds is 4. The van der Waals surface area contributed by atoms with Crippen LogP contribution in [0.5, 0.6) is 0 Å². The molecule has 0 radical (unpaired) electrons. The number of carbonyl (C=O) groups is 1. The van der Waals surface area contributed by atoms with E-state index < -0.39 is 5.60 Å². The third-order valence-electron chi connectivity index (χ3n) is 10.3. The molecule has 2 aromatic heterocycles. The Bertz CT molecular complexity index is 1750. The topological polar surface area (TPSA) is 69.2 Å². The zero-order valence-corrected chi connectivity index (χ0v) is 27.4. The van der Waals surface area contributed by atoms with Crippen molar-refractivity contribution < 1.29 is 9.90 Å². The Labute approximate surface area is 270 Å². The van der Waals surface area contributed by atoms with E-state index in [0.29, 0.717) is 49.1 Å². The first-order chi connectivity index (χ1) is 21.0. The van der Waals surface area contributed by atoms with Gasteiger partial charge >= 0.3 is 0 Å². The highest BCUT2D eigenvalue weighted by Gasteiger charge is 2.39. The number of carbonyl (C=O) groups excluding carboxylic acids is 1. The van der Waals surface area contributed by atoms with Gasteiger partial charge in [-0.1, -0.05) is 68.2 Å². The quantitative estimate of drug-likeness (QED) is 0.222. The number of aromatic nitrogens is 2. The maximum Gasteiger partial charge on any atom is 0.223 e. The van der Waals surface area contributed by atoms with Crippen molar-refractivity contribution in [3.63, 3.8) is 0 Å². The molecule has 1 saturated heterocycles. The molecule has 2 atom stereocenters. The number of likely N-dealkylation sites (tertiary alicyclic amines) is 1. The van der Waals surface area contributed by atoms with Crippen LogP contribution in [0.4, 0.5) is 0 Å². The van der Waals surface area contributed by atoms with Crippen LogP contribution in [-0.4, -0.2) is 39.0 Å². The number of amides is 1. The van der Waals surface area contributed by atoms with E-state index in [1.165, 1.54) is 33.4 Å². The van der Waals surface area contributed by atoms with E-state index in [1.807, 2.05) is 23.2 Å². The van der Waals surface area contributed by atoms with Crippen LogP contribution in [-0.2, 0) is 29.7 Å². The third kappa shape index (κ3) is 5.46. The average Bonchev–Trinajstić information content (AvgIpc) is 3.44. The van der Waals surface area contributed by atoms with E-state index >= 15 is 0 Å². The van der Waals surface area contributed by atoms with Gasteiger partial charge in [-0.15, -0.1) is 0 Å². The summed E-state index contributed by atoms with van der Waals surface area (Å²) in [6.45, 7) is 8.00. The van der Waals surface area contributed by atoms with Gasteiger partial charge in [-0.3, -0.25) is 4.79 Å². The smallest absolute Gasteiger partial charge is 0.223 e. The first kappa shape index (κ1) is 29.8. The monoisotopic (exact) mass is 629 g/mol. The number of halogens is 2. The summed E-state index contributed by atoms with van der Waals surface area (Å²) in [6.07, 6.45) is 8.42. The number of H-pyrrole nitrogens is 1. The summed E-state index contributed by atoms with van der Waals surface area (Å²) >= 11 is 12.9. The van der Waals surface area contributed by atoms with Crippen LogP contribution in [0.1, 0.15) is 86.6 Å². The summed E-state index contributed by atoms with van der Waals surface area (Å²) in [5.74, 6) is 0.930. The Morgan fingerprint density at radius 3 is 2.59 bits per heavy atom. The number of nitrogens with zero attached hydrogens (tertiary/aromatic N) is 2. The number of hydrogen-bond acceptors (Lipinski definition) is 3. The lowest BCUT2D eigenvalue weighted by molar-refractivity contribution is -0.136. The van der Waals surface area contributed by atoms with Crippen LogP contribution in [0.3, 0.4) is 0 Å². The molecule has 2 aromatic carbocycles. The van der Waals surface area contributed by atoms with Crippen molar-refractivity contribution in [2.45, 2.75) is 83.7 Å². The molecule has 44 heavy (non-hydrogen) atoms. The number of aromatic amines is 1. The van der Waals surface area contributed by atoms with Gasteiger partial charge in [-0.25, -0.2) is 4.98 Å². The lowest BCUT2D eigenvalue weighted by Crippen LogP contribution is -2.45. The van der Waals surface area contributed by atoms with Crippen LogP contribution in [0, 0.1) is 11.3 Å². The number of benzene rings is 2. The molecule has 1 fully saturated rings. The van der Waals surface area contributed by atoms with Crippen LogP contribution < -0.4 is 0 Å². The minimum absolute atomic E-state index is 0.188. The lowest BCUT2D eigenvalue weighted by Gasteiger charge is -2.41. The zero-order valence-electron chi connectivity index (χ0n) is 25.9. The molecule has 0 bridgehead atoms. The summed E-state index contributed by atoms with van der Waals surface area (Å²) < 4.78 is 0. The number of fused-ring (bicyclic) bond motifs is 6. The number of pyridine rings is 1. The molecule has 1 amide bonds. The first-order valence-corrected chi connectivity index (χ1v) is 16.8.